The highest BCUT2D eigenvalue weighted by atomic mass is 28.3. The number of hydrogen-bond donors (Lipinski definition) is 0. The molecule has 0 saturated heterocycles. The Hall–Kier alpha value is -1.03. The maximum Gasteiger partial charge on any atom is 0.611 e. The lowest BCUT2D eigenvalue weighted by atomic mass is 10.4. The molecule has 3 nitrogen and oxygen atoms in total. The third-order valence-corrected chi connectivity index (χ3v) is 1.61. The third-order valence-electron chi connectivity index (χ3n) is 1.03. The molecule has 1 aliphatic heterocycles. The van der Waals surface area contributed by atoms with Crippen molar-refractivity contribution in [3.05, 3.63) is 18.3 Å². The van der Waals surface area contributed by atoms with Gasteiger partial charge in [-0.3, -0.25) is 0 Å². The van der Waals surface area contributed by atoms with Crippen LogP contribution in [0.5, 0.6) is 11.6 Å². The summed E-state index contributed by atoms with van der Waals surface area (Å²) in [6.45, 7) is 0. The summed E-state index contributed by atoms with van der Waals surface area (Å²) in [6, 6.07) is 3.65. The first kappa shape index (κ1) is 4.81. The van der Waals surface area contributed by atoms with Crippen LogP contribution >= 0.6 is 0 Å². The van der Waals surface area contributed by atoms with Crippen LogP contribution in [0.25, 0.3) is 0 Å². The maximum atomic E-state index is 5.04. The van der Waals surface area contributed by atoms with Gasteiger partial charge in [-0.15, -0.1) is 0 Å². The molecule has 0 atom stereocenters. The highest BCUT2D eigenvalue weighted by Crippen LogP contribution is 2.26. The highest BCUT2D eigenvalue weighted by Gasteiger charge is 2.15. The van der Waals surface area contributed by atoms with E-state index in [1.165, 1.54) is 0 Å². The molecule has 0 spiro atoms. The van der Waals surface area contributed by atoms with Gasteiger partial charge in [0.15, 0.2) is 5.75 Å². The zero-order valence-electron chi connectivity index (χ0n) is 4.50. The predicted molar refractivity (Wildman–Crippen MR) is 31.2 cm³/mol. The Morgan fingerprint density at radius 1 is 1.44 bits per heavy atom. The second kappa shape index (κ2) is 1.73. The molecule has 1 aliphatic rings. The van der Waals surface area contributed by atoms with Crippen LogP contribution in [-0.2, 0) is 0 Å². The first-order valence-electron chi connectivity index (χ1n) is 2.50. The van der Waals surface area contributed by atoms with Gasteiger partial charge in [-0.1, -0.05) is 0 Å². The molecule has 44 valence electrons. The minimum atomic E-state index is 0.0838. The van der Waals surface area contributed by atoms with Crippen molar-refractivity contribution in [2.75, 3.05) is 0 Å². The second-order valence-electron chi connectivity index (χ2n) is 1.59. The molecule has 2 heterocycles. The summed E-state index contributed by atoms with van der Waals surface area (Å²) in [6.07, 6.45) is 1.68. The summed E-state index contributed by atoms with van der Waals surface area (Å²) in [5, 5.41) is 0. The predicted octanol–water partition coefficient (Wildman–Crippen LogP) is 0.387. The van der Waals surface area contributed by atoms with Gasteiger partial charge in [-0.2, -0.15) is 0 Å². The van der Waals surface area contributed by atoms with Crippen molar-refractivity contribution in [2.45, 2.75) is 0 Å². The van der Waals surface area contributed by atoms with E-state index in [9.17, 15) is 0 Å². The molecule has 0 N–H and O–H groups in total. The van der Waals surface area contributed by atoms with Crippen LogP contribution in [0.1, 0.15) is 0 Å². The standard InChI is InChI=1S/C5H3NO2Si/c1-2-4-5(6-3-1)8-9-7-4/h1-3H. The van der Waals surface area contributed by atoms with Crippen molar-refractivity contribution in [2.24, 2.45) is 0 Å². The Morgan fingerprint density at radius 3 is 3.33 bits per heavy atom. The zero-order valence-corrected chi connectivity index (χ0v) is 5.50. The molecule has 0 saturated carbocycles. The smallest absolute Gasteiger partial charge is 0.504 e. The van der Waals surface area contributed by atoms with Crippen molar-refractivity contribution in [1.82, 2.24) is 4.98 Å². The van der Waals surface area contributed by atoms with E-state index >= 15 is 0 Å². The Kier molecular flexibility index (Phi) is 0.926. The number of hydrogen-bond acceptors (Lipinski definition) is 3. The van der Waals surface area contributed by atoms with Crippen LogP contribution in [0.3, 0.4) is 0 Å². The number of pyridine rings is 1. The van der Waals surface area contributed by atoms with E-state index in [4.69, 9.17) is 8.85 Å². The monoisotopic (exact) mass is 137 g/mol. The molecule has 2 radical (unpaired) electrons. The topological polar surface area (TPSA) is 31.4 Å². The quantitative estimate of drug-likeness (QED) is 0.485. The molecule has 0 bridgehead atoms. The van der Waals surface area contributed by atoms with Crippen molar-refractivity contribution in [1.29, 1.82) is 0 Å². The molecular weight excluding hydrogens is 134 g/mol. The fourth-order valence-corrected chi connectivity index (χ4v) is 1.15. The first-order valence-corrected chi connectivity index (χ1v) is 3.32. The maximum absolute atomic E-state index is 5.04. The molecular formula is C5H3NO2Si. The summed E-state index contributed by atoms with van der Waals surface area (Å²) in [5.41, 5.74) is 0. The van der Waals surface area contributed by atoms with Gasteiger partial charge in [0.1, 0.15) is 0 Å². The van der Waals surface area contributed by atoms with Crippen LogP contribution in [-0.4, -0.2) is 15.0 Å². The molecule has 1 aromatic rings. The number of nitrogens with zero attached hydrogens (tertiary/aromatic N) is 1. The van der Waals surface area contributed by atoms with E-state index in [-0.39, 0.29) is 10.0 Å². The Bertz CT molecular complexity index is 205. The van der Waals surface area contributed by atoms with Gasteiger partial charge < -0.3 is 8.85 Å². The fraction of sp³-hybridized carbons (Fsp3) is 0. The molecule has 0 aliphatic carbocycles. The van der Waals surface area contributed by atoms with Gasteiger partial charge in [0, 0.05) is 6.20 Å². The first-order chi connectivity index (χ1) is 4.47. The van der Waals surface area contributed by atoms with Crippen LogP contribution in [0.2, 0.25) is 0 Å². The van der Waals surface area contributed by atoms with E-state index in [0.717, 1.165) is 5.75 Å². The van der Waals surface area contributed by atoms with Crippen molar-refractivity contribution in [3.8, 4) is 11.6 Å². The minimum absolute atomic E-state index is 0.0838. The Balaban J connectivity index is 2.54. The minimum Gasteiger partial charge on any atom is -0.504 e. The molecule has 9 heavy (non-hydrogen) atoms. The lowest BCUT2D eigenvalue weighted by Crippen LogP contribution is -2.00. The second-order valence-corrected chi connectivity index (χ2v) is 2.17. The lowest BCUT2D eigenvalue weighted by molar-refractivity contribution is 0.534. The lowest BCUT2D eigenvalue weighted by Gasteiger charge is -1.90. The van der Waals surface area contributed by atoms with Gasteiger partial charge in [-0.05, 0) is 12.1 Å². The van der Waals surface area contributed by atoms with Crippen LogP contribution in [0, 0.1) is 0 Å². The molecule has 2 rings (SSSR count). The summed E-state index contributed by atoms with van der Waals surface area (Å²) < 4.78 is 10.0. The Labute approximate surface area is 54.7 Å². The molecule has 0 fully saturated rings. The molecule has 0 unspecified atom stereocenters. The van der Waals surface area contributed by atoms with Gasteiger partial charge in [-0.25, -0.2) is 4.98 Å². The SMILES string of the molecule is c1cnc2c(c1)O[Si]O2. The average Bonchev–Trinajstić information content (AvgIpc) is 2.33. The van der Waals surface area contributed by atoms with Gasteiger partial charge >= 0.3 is 10.0 Å². The Morgan fingerprint density at radius 2 is 2.44 bits per heavy atom. The summed E-state index contributed by atoms with van der Waals surface area (Å²) in [7, 11) is 0.0838. The normalized spacial score (nSPS) is 13.8. The van der Waals surface area contributed by atoms with Crippen LogP contribution in [0.15, 0.2) is 18.3 Å². The van der Waals surface area contributed by atoms with Crippen LogP contribution < -0.4 is 8.85 Å². The number of aromatic nitrogens is 1. The van der Waals surface area contributed by atoms with Gasteiger partial charge in [0.25, 0.3) is 0 Å². The molecule has 1 aromatic heterocycles. The summed E-state index contributed by atoms with van der Waals surface area (Å²) in [4.78, 5) is 3.92. The van der Waals surface area contributed by atoms with E-state index in [1.54, 1.807) is 6.20 Å². The van der Waals surface area contributed by atoms with E-state index in [0.29, 0.717) is 5.88 Å². The van der Waals surface area contributed by atoms with Crippen LogP contribution in [0.4, 0.5) is 0 Å². The fourth-order valence-electron chi connectivity index (χ4n) is 0.636. The zero-order chi connectivity index (χ0) is 6.10. The average molecular weight is 137 g/mol. The largest absolute Gasteiger partial charge is 0.611 e. The summed E-state index contributed by atoms with van der Waals surface area (Å²) in [5.74, 6) is 1.35. The van der Waals surface area contributed by atoms with E-state index in [2.05, 4.69) is 4.98 Å². The molecule has 0 amide bonds. The van der Waals surface area contributed by atoms with Gasteiger partial charge in [0.2, 0.25) is 5.88 Å². The number of rotatable bonds is 0. The van der Waals surface area contributed by atoms with Crippen molar-refractivity contribution >= 4 is 10.0 Å². The van der Waals surface area contributed by atoms with E-state index in [1.807, 2.05) is 12.1 Å². The van der Waals surface area contributed by atoms with E-state index < -0.39 is 0 Å². The van der Waals surface area contributed by atoms with Crippen molar-refractivity contribution < 1.29 is 8.85 Å². The number of fused-ring (bicyclic) bond motifs is 1. The van der Waals surface area contributed by atoms with Crippen molar-refractivity contribution in [3.63, 3.8) is 0 Å². The molecule has 4 heteroatoms. The van der Waals surface area contributed by atoms with Gasteiger partial charge in [0.05, 0.1) is 0 Å². The molecule has 0 aromatic carbocycles. The third kappa shape index (κ3) is 0.674. The highest BCUT2D eigenvalue weighted by molar-refractivity contribution is 6.22. The summed E-state index contributed by atoms with van der Waals surface area (Å²) >= 11 is 0.